The highest BCUT2D eigenvalue weighted by Gasteiger charge is 2.28. The Kier molecular flexibility index (Phi) is 7.05. The molecule has 0 amide bonds. The van der Waals surface area contributed by atoms with E-state index in [1.165, 1.54) is 44.9 Å². The van der Waals surface area contributed by atoms with E-state index in [4.69, 9.17) is 0 Å². The molecule has 0 bridgehead atoms. The number of aliphatic hydroxyl groups excluding tert-OH is 1. The van der Waals surface area contributed by atoms with E-state index < -0.39 is 0 Å². The molecule has 6 heteroatoms. The minimum absolute atomic E-state index is 0.0340. The van der Waals surface area contributed by atoms with Crippen molar-refractivity contribution >= 4 is 16.9 Å². The Morgan fingerprint density at radius 3 is 2.40 bits per heavy atom. The number of aromatic nitrogens is 2. The van der Waals surface area contributed by atoms with Crippen LogP contribution in [0.3, 0.4) is 0 Å². The Balaban J connectivity index is 1.56. The standard InChI is InChI=1S/C24H36N4O2/c1-18(17-29)25-23-24(30)28(22-12-8-7-11-21(22)26-23)20-13-15-27(16-14-20)19-9-5-3-2-4-6-10-19/h7-8,11-12,18-20,29H,2-6,9-10,13-17H2,1H3,(H,25,26). The average Bonchev–Trinajstić information content (AvgIpc) is 2.74. The van der Waals surface area contributed by atoms with Crippen LogP contribution in [0.5, 0.6) is 0 Å². The number of hydrogen-bond donors (Lipinski definition) is 2. The Bertz CT molecular complexity index is 880. The van der Waals surface area contributed by atoms with Crippen molar-refractivity contribution in [1.82, 2.24) is 14.5 Å². The van der Waals surface area contributed by atoms with Crippen LogP contribution in [0.4, 0.5) is 5.82 Å². The Labute approximate surface area is 179 Å². The normalized spacial score (nSPS) is 21.3. The molecule has 1 atom stereocenters. The number of piperidine rings is 1. The van der Waals surface area contributed by atoms with E-state index >= 15 is 0 Å². The molecular formula is C24H36N4O2. The third-order valence-corrected chi connectivity index (χ3v) is 6.91. The third-order valence-electron chi connectivity index (χ3n) is 6.91. The van der Waals surface area contributed by atoms with E-state index in [-0.39, 0.29) is 24.2 Å². The van der Waals surface area contributed by atoms with Gasteiger partial charge in [0, 0.05) is 31.2 Å². The molecule has 1 aliphatic carbocycles. The zero-order chi connectivity index (χ0) is 20.9. The number of aliphatic hydroxyl groups is 1. The fourth-order valence-corrected chi connectivity index (χ4v) is 5.20. The lowest BCUT2D eigenvalue weighted by atomic mass is 9.93. The van der Waals surface area contributed by atoms with E-state index in [2.05, 4.69) is 15.2 Å². The number of rotatable bonds is 5. The minimum Gasteiger partial charge on any atom is -0.394 e. The van der Waals surface area contributed by atoms with Crippen LogP contribution in [0.25, 0.3) is 11.0 Å². The van der Waals surface area contributed by atoms with Crippen molar-refractivity contribution in [2.45, 2.75) is 82.8 Å². The molecule has 2 aliphatic rings. The Morgan fingerprint density at radius 2 is 1.70 bits per heavy atom. The van der Waals surface area contributed by atoms with Gasteiger partial charge in [-0.3, -0.25) is 4.79 Å². The maximum Gasteiger partial charge on any atom is 0.294 e. The molecule has 2 N–H and O–H groups in total. The Hall–Kier alpha value is -1.92. The summed E-state index contributed by atoms with van der Waals surface area (Å²) in [6.07, 6.45) is 11.5. The predicted molar refractivity (Wildman–Crippen MR) is 122 cm³/mol. The number of likely N-dealkylation sites (tertiary alicyclic amines) is 1. The third kappa shape index (κ3) is 4.70. The average molecular weight is 413 g/mol. The summed E-state index contributed by atoms with van der Waals surface area (Å²) in [6.45, 7) is 3.95. The fourth-order valence-electron chi connectivity index (χ4n) is 5.20. The second-order valence-electron chi connectivity index (χ2n) is 9.12. The van der Waals surface area contributed by atoms with Crippen LogP contribution in [-0.4, -0.2) is 51.3 Å². The van der Waals surface area contributed by atoms with Gasteiger partial charge in [-0.2, -0.15) is 0 Å². The molecular weight excluding hydrogens is 376 g/mol. The van der Waals surface area contributed by atoms with Gasteiger partial charge in [0.2, 0.25) is 0 Å². The van der Waals surface area contributed by atoms with Gasteiger partial charge in [-0.05, 0) is 44.7 Å². The van der Waals surface area contributed by atoms with Crippen molar-refractivity contribution in [1.29, 1.82) is 0 Å². The summed E-state index contributed by atoms with van der Waals surface area (Å²) in [7, 11) is 0. The summed E-state index contributed by atoms with van der Waals surface area (Å²) in [6, 6.07) is 8.61. The van der Waals surface area contributed by atoms with Crippen LogP contribution in [0, 0.1) is 0 Å². The summed E-state index contributed by atoms with van der Waals surface area (Å²) in [5.41, 5.74) is 1.67. The highest BCUT2D eigenvalue weighted by atomic mass is 16.3. The highest BCUT2D eigenvalue weighted by Crippen LogP contribution is 2.29. The summed E-state index contributed by atoms with van der Waals surface area (Å²) in [4.78, 5) is 20.6. The van der Waals surface area contributed by atoms with Crippen molar-refractivity contribution in [3.05, 3.63) is 34.6 Å². The molecule has 2 aromatic rings. The van der Waals surface area contributed by atoms with E-state index in [0.717, 1.165) is 43.0 Å². The smallest absolute Gasteiger partial charge is 0.294 e. The van der Waals surface area contributed by atoms with Gasteiger partial charge in [0.25, 0.3) is 5.56 Å². The number of nitrogens with zero attached hydrogens (tertiary/aromatic N) is 3. The number of para-hydroxylation sites is 2. The van der Waals surface area contributed by atoms with Crippen molar-refractivity contribution in [3.63, 3.8) is 0 Å². The van der Waals surface area contributed by atoms with Gasteiger partial charge in [0.1, 0.15) is 0 Å². The van der Waals surface area contributed by atoms with E-state index in [1.807, 2.05) is 35.8 Å². The quantitative estimate of drug-likeness (QED) is 0.778. The van der Waals surface area contributed by atoms with Gasteiger partial charge in [0.15, 0.2) is 5.82 Å². The summed E-state index contributed by atoms with van der Waals surface area (Å²) in [5, 5.41) is 12.5. The first-order chi connectivity index (χ1) is 14.7. The monoisotopic (exact) mass is 412 g/mol. The first-order valence-corrected chi connectivity index (χ1v) is 11.8. The minimum atomic E-state index is -0.207. The Morgan fingerprint density at radius 1 is 1.03 bits per heavy atom. The second-order valence-corrected chi connectivity index (χ2v) is 9.12. The number of benzene rings is 1. The van der Waals surface area contributed by atoms with Gasteiger partial charge in [0.05, 0.1) is 17.6 Å². The molecule has 1 unspecified atom stereocenters. The number of anilines is 1. The molecule has 2 fully saturated rings. The van der Waals surface area contributed by atoms with Gasteiger partial charge >= 0.3 is 0 Å². The molecule has 1 aliphatic heterocycles. The van der Waals surface area contributed by atoms with Crippen molar-refractivity contribution in [3.8, 4) is 0 Å². The van der Waals surface area contributed by atoms with E-state index in [9.17, 15) is 9.90 Å². The lowest BCUT2D eigenvalue weighted by Gasteiger charge is -2.39. The topological polar surface area (TPSA) is 70.4 Å². The first-order valence-electron chi connectivity index (χ1n) is 11.8. The van der Waals surface area contributed by atoms with Crippen molar-refractivity contribution in [2.75, 3.05) is 25.0 Å². The maximum absolute atomic E-state index is 13.3. The molecule has 4 rings (SSSR count). The first kappa shape index (κ1) is 21.3. The molecule has 0 radical (unpaired) electrons. The lowest BCUT2D eigenvalue weighted by Crippen LogP contribution is -2.43. The number of hydrogen-bond acceptors (Lipinski definition) is 5. The van der Waals surface area contributed by atoms with Crippen molar-refractivity contribution < 1.29 is 5.11 Å². The maximum atomic E-state index is 13.3. The largest absolute Gasteiger partial charge is 0.394 e. The molecule has 30 heavy (non-hydrogen) atoms. The molecule has 164 valence electrons. The van der Waals surface area contributed by atoms with Crippen LogP contribution < -0.4 is 10.9 Å². The van der Waals surface area contributed by atoms with E-state index in [1.54, 1.807) is 0 Å². The van der Waals surface area contributed by atoms with Crippen LogP contribution in [0.1, 0.15) is 70.8 Å². The summed E-state index contributed by atoms with van der Waals surface area (Å²) in [5.74, 6) is 0.345. The van der Waals surface area contributed by atoms with Gasteiger partial charge in [-0.25, -0.2) is 4.98 Å². The SMILES string of the molecule is CC(CO)Nc1nc2ccccc2n(C2CCN(C3CCCCCCC3)CC2)c1=O. The zero-order valence-corrected chi connectivity index (χ0v) is 18.2. The van der Waals surface area contributed by atoms with Gasteiger partial charge in [-0.1, -0.05) is 44.2 Å². The van der Waals surface area contributed by atoms with Crippen LogP contribution in [0.2, 0.25) is 0 Å². The molecule has 1 aromatic carbocycles. The lowest BCUT2D eigenvalue weighted by molar-refractivity contribution is 0.116. The van der Waals surface area contributed by atoms with Crippen LogP contribution in [-0.2, 0) is 0 Å². The van der Waals surface area contributed by atoms with Gasteiger partial charge < -0.3 is 19.9 Å². The van der Waals surface area contributed by atoms with E-state index in [0.29, 0.717) is 5.82 Å². The predicted octanol–water partition coefficient (Wildman–Crippen LogP) is 3.94. The van der Waals surface area contributed by atoms with Crippen LogP contribution >= 0.6 is 0 Å². The molecule has 2 heterocycles. The van der Waals surface area contributed by atoms with Crippen LogP contribution in [0.15, 0.2) is 29.1 Å². The molecule has 6 nitrogen and oxygen atoms in total. The van der Waals surface area contributed by atoms with Gasteiger partial charge in [-0.15, -0.1) is 0 Å². The molecule has 1 saturated carbocycles. The molecule has 0 spiro atoms. The highest BCUT2D eigenvalue weighted by molar-refractivity contribution is 5.76. The second kappa shape index (κ2) is 9.92. The summed E-state index contributed by atoms with van der Waals surface area (Å²) < 4.78 is 1.96. The zero-order valence-electron chi connectivity index (χ0n) is 18.2. The summed E-state index contributed by atoms with van der Waals surface area (Å²) >= 11 is 0. The van der Waals surface area contributed by atoms with Crippen molar-refractivity contribution in [2.24, 2.45) is 0 Å². The molecule has 1 saturated heterocycles. The fraction of sp³-hybridized carbons (Fsp3) is 0.667. The molecule has 1 aromatic heterocycles. The number of fused-ring (bicyclic) bond motifs is 1. The number of nitrogens with one attached hydrogen (secondary N) is 1.